The van der Waals surface area contributed by atoms with Gasteiger partial charge in [0.25, 0.3) is 0 Å². The molecule has 100 valence electrons. The monoisotopic (exact) mass is 248 g/mol. The van der Waals surface area contributed by atoms with Gasteiger partial charge in [0, 0.05) is 25.2 Å². The quantitative estimate of drug-likeness (QED) is 0.890. The second-order valence-electron chi connectivity index (χ2n) is 6.31. The van der Waals surface area contributed by atoms with Crippen molar-refractivity contribution in [1.82, 2.24) is 15.3 Å². The molecule has 1 saturated heterocycles. The third-order valence-corrected chi connectivity index (χ3v) is 3.24. The number of nitrogens with zero attached hydrogens (tertiary/aromatic N) is 3. The van der Waals surface area contributed by atoms with Crippen LogP contribution in [-0.2, 0) is 6.54 Å². The second-order valence-corrected chi connectivity index (χ2v) is 6.31. The maximum absolute atomic E-state index is 4.52. The van der Waals surface area contributed by atoms with Crippen LogP contribution in [0.5, 0.6) is 0 Å². The number of hydrogen-bond acceptors (Lipinski definition) is 4. The smallest absolute Gasteiger partial charge is 0.147 e. The Hall–Kier alpha value is -1.16. The van der Waals surface area contributed by atoms with Crippen molar-refractivity contribution in [3.63, 3.8) is 0 Å². The molecule has 1 unspecified atom stereocenters. The Morgan fingerprint density at radius 2 is 2.11 bits per heavy atom. The minimum Gasteiger partial charge on any atom is -0.355 e. The number of rotatable bonds is 3. The molecule has 1 aromatic heterocycles. The molecule has 4 heteroatoms. The van der Waals surface area contributed by atoms with Crippen molar-refractivity contribution in [1.29, 1.82) is 0 Å². The molecule has 1 fully saturated rings. The normalized spacial score (nSPS) is 20.4. The van der Waals surface area contributed by atoms with Crippen molar-refractivity contribution >= 4 is 5.82 Å². The third-order valence-electron chi connectivity index (χ3n) is 3.24. The molecule has 18 heavy (non-hydrogen) atoms. The van der Waals surface area contributed by atoms with Crippen LogP contribution in [-0.4, -0.2) is 28.6 Å². The molecule has 0 radical (unpaired) electrons. The summed E-state index contributed by atoms with van der Waals surface area (Å²) in [6, 6.07) is 0. The summed E-state index contributed by atoms with van der Waals surface area (Å²) in [6.07, 6.45) is 5.05. The first-order chi connectivity index (χ1) is 8.44. The van der Waals surface area contributed by atoms with Crippen LogP contribution in [0.25, 0.3) is 0 Å². The topological polar surface area (TPSA) is 41.1 Å². The van der Waals surface area contributed by atoms with E-state index < -0.39 is 0 Å². The maximum Gasteiger partial charge on any atom is 0.147 e. The standard InChI is InChI=1S/C14H24N4/c1-11-5-6-18(10-11)13-9-15-12(7-16-13)8-17-14(2,3)4/h7,9,11,17H,5-6,8,10H2,1-4H3. The number of hydrogen-bond donors (Lipinski definition) is 1. The molecule has 2 heterocycles. The molecule has 0 bridgehead atoms. The van der Waals surface area contributed by atoms with Crippen molar-refractivity contribution in [3.05, 3.63) is 18.1 Å². The number of anilines is 1. The summed E-state index contributed by atoms with van der Waals surface area (Å²) in [7, 11) is 0. The molecular formula is C14H24N4. The molecule has 1 aromatic rings. The van der Waals surface area contributed by atoms with Crippen molar-refractivity contribution in [2.24, 2.45) is 5.92 Å². The Balaban J connectivity index is 1.93. The van der Waals surface area contributed by atoms with Gasteiger partial charge >= 0.3 is 0 Å². The highest BCUT2D eigenvalue weighted by Crippen LogP contribution is 2.20. The van der Waals surface area contributed by atoms with Gasteiger partial charge in [0.05, 0.1) is 18.1 Å². The molecule has 1 aliphatic heterocycles. The van der Waals surface area contributed by atoms with Gasteiger partial charge < -0.3 is 10.2 Å². The van der Waals surface area contributed by atoms with Crippen LogP contribution in [0.1, 0.15) is 39.8 Å². The van der Waals surface area contributed by atoms with Crippen LogP contribution < -0.4 is 10.2 Å². The Kier molecular flexibility index (Phi) is 3.85. The molecule has 0 aromatic carbocycles. The highest BCUT2D eigenvalue weighted by Gasteiger charge is 2.19. The van der Waals surface area contributed by atoms with Gasteiger partial charge in [0.1, 0.15) is 5.82 Å². The van der Waals surface area contributed by atoms with Gasteiger partial charge in [-0.3, -0.25) is 4.98 Å². The van der Waals surface area contributed by atoms with Gasteiger partial charge in [-0.2, -0.15) is 0 Å². The van der Waals surface area contributed by atoms with E-state index in [2.05, 4.69) is 47.9 Å². The van der Waals surface area contributed by atoms with Gasteiger partial charge in [-0.25, -0.2) is 4.98 Å². The second kappa shape index (κ2) is 5.22. The van der Waals surface area contributed by atoms with E-state index in [1.54, 1.807) is 0 Å². The lowest BCUT2D eigenvalue weighted by atomic mass is 10.1. The zero-order chi connectivity index (χ0) is 13.2. The summed E-state index contributed by atoms with van der Waals surface area (Å²) >= 11 is 0. The fourth-order valence-electron chi connectivity index (χ4n) is 2.10. The predicted octanol–water partition coefficient (Wildman–Crippen LogP) is 2.21. The first-order valence-electron chi connectivity index (χ1n) is 6.75. The van der Waals surface area contributed by atoms with Crippen molar-refractivity contribution in [2.75, 3.05) is 18.0 Å². The summed E-state index contributed by atoms with van der Waals surface area (Å²) in [6.45, 7) is 11.7. The lowest BCUT2D eigenvalue weighted by Gasteiger charge is -2.20. The number of nitrogens with one attached hydrogen (secondary N) is 1. The van der Waals surface area contributed by atoms with E-state index in [1.807, 2.05) is 12.4 Å². The van der Waals surface area contributed by atoms with Crippen LogP contribution in [0, 0.1) is 5.92 Å². The molecule has 0 amide bonds. The Morgan fingerprint density at radius 1 is 1.33 bits per heavy atom. The van der Waals surface area contributed by atoms with Crippen LogP contribution in [0.2, 0.25) is 0 Å². The molecular weight excluding hydrogens is 224 g/mol. The van der Waals surface area contributed by atoms with Crippen molar-refractivity contribution < 1.29 is 0 Å². The lowest BCUT2D eigenvalue weighted by molar-refractivity contribution is 0.421. The summed E-state index contributed by atoms with van der Waals surface area (Å²) < 4.78 is 0. The third kappa shape index (κ3) is 3.67. The minimum atomic E-state index is 0.116. The SMILES string of the molecule is CC1CCN(c2cnc(CNC(C)(C)C)cn2)C1. The average molecular weight is 248 g/mol. The zero-order valence-electron chi connectivity index (χ0n) is 11.9. The van der Waals surface area contributed by atoms with Gasteiger partial charge in [-0.15, -0.1) is 0 Å². The van der Waals surface area contributed by atoms with Crippen LogP contribution in [0.15, 0.2) is 12.4 Å². The molecule has 1 N–H and O–H groups in total. The minimum absolute atomic E-state index is 0.116. The zero-order valence-corrected chi connectivity index (χ0v) is 11.9. The highest BCUT2D eigenvalue weighted by molar-refractivity contribution is 5.37. The van der Waals surface area contributed by atoms with Crippen LogP contribution in [0.4, 0.5) is 5.82 Å². The summed E-state index contributed by atoms with van der Waals surface area (Å²) in [5, 5.41) is 3.42. The Bertz CT molecular complexity index is 380. The van der Waals surface area contributed by atoms with E-state index in [0.29, 0.717) is 0 Å². The predicted molar refractivity (Wildman–Crippen MR) is 74.6 cm³/mol. The van der Waals surface area contributed by atoms with E-state index in [9.17, 15) is 0 Å². The fourth-order valence-corrected chi connectivity index (χ4v) is 2.10. The van der Waals surface area contributed by atoms with Crippen LogP contribution in [0.3, 0.4) is 0 Å². The van der Waals surface area contributed by atoms with Gasteiger partial charge in [0.2, 0.25) is 0 Å². The highest BCUT2D eigenvalue weighted by atomic mass is 15.2. The van der Waals surface area contributed by atoms with E-state index >= 15 is 0 Å². The van der Waals surface area contributed by atoms with Crippen LogP contribution >= 0.6 is 0 Å². The fraction of sp³-hybridized carbons (Fsp3) is 0.714. The molecule has 1 aliphatic rings. The summed E-state index contributed by atoms with van der Waals surface area (Å²) in [5.74, 6) is 1.79. The van der Waals surface area contributed by atoms with E-state index in [-0.39, 0.29) is 5.54 Å². The van der Waals surface area contributed by atoms with Crippen molar-refractivity contribution in [3.8, 4) is 0 Å². The van der Waals surface area contributed by atoms with Gasteiger partial charge in [-0.1, -0.05) is 6.92 Å². The molecule has 0 aliphatic carbocycles. The first-order valence-corrected chi connectivity index (χ1v) is 6.75. The van der Waals surface area contributed by atoms with E-state index in [1.165, 1.54) is 6.42 Å². The Morgan fingerprint density at radius 3 is 2.61 bits per heavy atom. The largest absolute Gasteiger partial charge is 0.355 e. The molecule has 0 spiro atoms. The lowest BCUT2D eigenvalue weighted by Crippen LogP contribution is -2.35. The average Bonchev–Trinajstić information content (AvgIpc) is 2.73. The number of aromatic nitrogens is 2. The molecule has 0 saturated carbocycles. The first kappa shape index (κ1) is 13.3. The van der Waals surface area contributed by atoms with E-state index in [4.69, 9.17) is 0 Å². The molecule has 1 atom stereocenters. The summed E-state index contributed by atoms with van der Waals surface area (Å²) in [4.78, 5) is 11.3. The molecule has 2 rings (SSSR count). The van der Waals surface area contributed by atoms with E-state index in [0.717, 1.165) is 37.1 Å². The van der Waals surface area contributed by atoms with Gasteiger partial charge in [0.15, 0.2) is 0 Å². The molecule has 4 nitrogen and oxygen atoms in total. The van der Waals surface area contributed by atoms with Crippen molar-refractivity contribution in [2.45, 2.75) is 46.2 Å². The van der Waals surface area contributed by atoms with Gasteiger partial charge in [-0.05, 0) is 33.1 Å². The maximum atomic E-state index is 4.52. The Labute approximate surface area is 110 Å². The summed E-state index contributed by atoms with van der Waals surface area (Å²) in [5.41, 5.74) is 1.12.